The Labute approximate surface area is 141 Å². The number of rotatable bonds is 7. The average molecular weight is 332 g/mol. The van der Waals surface area contributed by atoms with Gasteiger partial charge in [0.2, 0.25) is 5.91 Å². The van der Waals surface area contributed by atoms with Crippen LogP contribution in [0.2, 0.25) is 0 Å². The zero-order valence-electron chi connectivity index (χ0n) is 13.9. The fourth-order valence-corrected chi connectivity index (χ4v) is 2.56. The number of carbonyl (C=O) groups is 1. The third kappa shape index (κ3) is 5.13. The van der Waals surface area contributed by atoms with Crippen molar-refractivity contribution >= 4 is 5.91 Å². The monoisotopic (exact) mass is 332 g/mol. The highest BCUT2D eigenvalue weighted by molar-refractivity contribution is 5.76. The van der Waals surface area contributed by atoms with Crippen LogP contribution in [-0.2, 0) is 11.3 Å². The minimum Gasteiger partial charge on any atom is -0.352 e. The first kappa shape index (κ1) is 18.1. The maximum Gasteiger partial charge on any atom is 0.263 e. The molecule has 1 N–H and O–H groups in total. The van der Waals surface area contributed by atoms with Crippen LogP contribution in [-0.4, -0.2) is 24.9 Å². The van der Waals surface area contributed by atoms with E-state index in [2.05, 4.69) is 5.32 Å². The normalized spacial score (nSPS) is 12.4. The highest BCUT2D eigenvalue weighted by Gasteiger charge is 2.18. The summed E-state index contributed by atoms with van der Waals surface area (Å²) in [5.41, 5.74) is 1.71. The van der Waals surface area contributed by atoms with Crippen molar-refractivity contribution in [3.63, 3.8) is 0 Å². The number of benzene rings is 2. The molecule has 0 saturated carbocycles. The molecule has 0 aliphatic heterocycles. The minimum atomic E-state index is -2.50. The fraction of sp³-hybridized carbons (Fsp3) is 0.316. The van der Waals surface area contributed by atoms with Crippen LogP contribution in [0.3, 0.4) is 0 Å². The molecular formula is C19H22F2N2O. The first-order chi connectivity index (χ1) is 11.5. The molecule has 0 fully saturated rings. The van der Waals surface area contributed by atoms with Gasteiger partial charge in [0.05, 0.1) is 0 Å². The largest absolute Gasteiger partial charge is 0.352 e. The smallest absolute Gasteiger partial charge is 0.263 e. The lowest BCUT2D eigenvalue weighted by molar-refractivity contribution is -0.122. The second-order valence-corrected chi connectivity index (χ2v) is 5.92. The molecule has 1 unspecified atom stereocenters. The summed E-state index contributed by atoms with van der Waals surface area (Å²) >= 11 is 0. The molecular weight excluding hydrogens is 310 g/mol. The number of hydrogen-bond donors (Lipinski definition) is 1. The van der Waals surface area contributed by atoms with E-state index in [4.69, 9.17) is 0 Å². The van der Waals surface area contributed by atoms with Crippen LogP contribution < -0.4 is 5.32 Å². The fourth-order valence-electron chi connectivity index (χ4n) is 2.56. The van der Waals surface area contributed by atoms with E-state index in [1.165, 1.54) is 12.1 Å². The molecule has 0 heterocycles. The zero-order chi connectivity index (χ0) is 17.5. The van der Waals surface area contributed by atoms with Crippen molar-refractivity contribution in [1.82, 2.24) is 10.2 Å². The molecule has 2 rings (SSSR count). The second kappa shape index (κ2) is 8.55. The van der Waals surface area contributed by atoms with E-state index >= 15 is 0 Å². The number of hydrogen-bond acceptors (Lipinski definition) is 2. The summed E-state index contributed by atoms with van der Waals surface area (Å²) in [5, 5.41) is 2.81. The van der Waals surface area contributed by atoms with Crippen molar-refractivity contribution in [2.75, 3.05) is 14.1 Å². The Bertz CT molecular complexity index is 659. The van der Waals surface area contributed by atoms with E-state index in [1.54, 1.807) is 12.1 Å². The van der Waals surface area contributed by atoms with Crippen molar-refractivity contribution in [1.29, 1.82) is 0 Å². The minimum absolute atomic E-state index is 0.0291. The van der Waals surface area contributed by atoms with Crippen molar-refractivity contribution in [3.05, 3.63) is 71.3 Å². The predicted octanol–water partition coefficient (Wildman–Crippen LogP) is 3.93. The molecule has 0 aliphatic carbocycles. The van der Waals surface area contributed by atoms with Gasteiger partial charge in [-0.25, -0.2) is 8.78 Å². The van der Waals surface area contributed by atoms with Crippen molar-refractivity contribution < 1.29 is 13.6 Å². The molecule has 2 aromatic carbocycles. The molecule has 0 bridgehead atoms. The Morgan fingerprint density at radius 3 is 2.33 bits per heavy atom. The number of amides is 1. The first-order valence-corrected chi connectivity index (χ1v) is 7.82. The Kier molecular flexibility index (Phi) is 6.44. The zero-order valence-corrected chi connectivity index (χ0v) is 13.9. The molecule has 0 aliphatic rings. The number of alkyl halides is 2. The van der Waals surface area contributed by atoms with E-state index in [1.807, 2.05) is 49.3 Å². The lowest BCUT2D eigenvalue weighted by atomic mass is 10.0. The number of nitrogens with one attached hydrogen (secondary N) is 1. The van der Waals surface area contributed by atoms with E-state index in [0.29, 0.717) is 12.0 Å². The quantitative estimate of drug-likeness (QED) is 0.833. The summed E-state index contributed by atoms with van der Waals surface area (Å²) < 4.78 is 25.4. The van der Waals surface area contributed by atoms with Gasteiger partial charge in [0.15, 0.2) is 0 Å². The molecule has 128 valence electrons. The molecule has 1 amide bonds. The predicted molar refractivity (Wildman–Crippen MR) is 90.7 cm³/mol. The van der Waals surface area contributed by atoms with Gasteiger partial charge in [-0.15, -0.1) is 0 Å². The van der Waals surface area contributed by atoms with Crippen LogP contribution in [0.1, 0.15) is 35.6 Å². The Morgan fingerprint density at radius 2 is 1.71 bits per heavy atom. The number of nitrogens with zero attached hydrogens (tertiary/aromatic N) is 1. The SMILES string of the molecule is CN(C)C(CC(=O)NCc1cccc(C(F)F)c1)c1ccccc1. The van der Waals surface area contributed by atoms with Crippen LogP contribution in [0, 0.1) is 0 Å². The van der Waals surface area contributed by atoms with E-state index in [-0.39, 0.29) is 24.1 Å². The van der Waals surface area contributed by atoms with Gasteiger partial charge < -0.3 is 10.2 Å². The van der Waals surface area contributed by atoms with Gasteiger partial charge in [-0.3, -0.25) is 4.79 Å². The van der Waals surface area contributed by atoms with Crippen molar-refractivity contribution in [2.24, 2.45) is 0 Å². The van der Waals surface area contributed by atoms with Gasteiger partial charge in [0, 0.05) is 24.6 Å². The molecule has 0 spiro atoms. The van der Waals surface area contributed by atoms with Crippen molar-refractivity contribution in [2.45, 2.75) is 25.4 Å². The van der Waals surface area contributed by atoms with E-state index in [0.717, 1.165) is 5.56 Å². The topological polar surface area (TPSA) is 32.3 Å². The van der Waals surface area contributed by atoms with E-state index < -0.39 is 6.43 Å². The van der Waals surface area contributed by atoms with Gasteiger partial charge in [0.25, 0.3) is 6.43 Å². The lowest BCUT2D eigenvalue weighted by Crippen LogP contribution is -2.29. The summed E-state index contributed by atoms with van der Waals surface area (Å²) in [7, 11) is 3.86. The molecule has 1 atom stereocenters. The Morgan fingerprint density at radius 1 is 1.04 bits per heavy atom. The molecule has 24 heavy (non-hydrogen) atoms. The molecule has 0 radical (unpaired) electrons. The van der Waals surface area contributed by atoms with Crippen LogP contribution in [0.4, 0.5) is 8.78 Å². The summed E-state index contributed by atoms with van der Waals surface area (Å²) in [6.45, 7) is 0.244. The Balaban J connectivity index is 1.95. The van der Waals surface area contributed by atoms with Gasteiger partial charge >= 0.3 is 0 Å². The highest BCUT2D eigenvalue weighted by atomic mass is 19.3. The van der Waals surface area contributed by atoms with Crippen LogP contribution in [0.5, 0.6) is 0 Å². The van der Waals surface area contributed by atoms with Gasteiger partial charge in [0.1, 0.15) is 0 Å². The third-order valence-corrected chi connectivity index (χ3v) is 3.88. The van der Waals surface area contributed by atoms with Gasteiger partial charge in [-0.05, 0) is 31.3 Å². The molecule has 0 aromatic heterocycles. The number of carbonyl (C=O) groups excluding carboxylic acids is 1. The summed E-state index contributed by atoms with van der Waals surface area (Å²) in [6, 6.07) is 15.9. The van der Waals surface area contributed by atoms with Crippen LogP contribution in [0.15, 0.2) is 54.6 Å². The summed E-state index contributed by atoms with van der Waals surface area (Å²) in [5.74, 6) is -0.111. The van der Waals surface area contributed by atoms with Gasteiger partial charge in [-0.2, -0.15) is 0 Å². The lowest BCUT2D eigenvalue weighted by Gasteiger charge is -2.24. The molecule has 0 saturated heterocycles. The first-order valence-electron chi connectivity index (χ1n) is 7.82. The molecule has 5 heteroatoms. The maximum absolute atomic E-state index is 12.7. The summed E-state index contributed by atoms with van der Waals surface area (Å²) in [4.78, 5) is 14.2. The van der Waals surface area contributed by atoms with Crippen LogP contribution >= 0.6 is 0 Å². The van der Waals surface area contributed by atoms with E-state index in [9.17, 15) is 13.6 Å². The number of halogens is 2. The van der Waals surface area contributed by atoms with Gasteiger partial charge in [-0.1, -0.05) is 48.5 Å². The molecule has 2 aromatic rings. The summed E-state index contributed by atoms with van der Waals surface area (Å²) in [6.07, 6.45) is -2.19. The van der Waals surface area contributed by atoms with Crippen molar-refractivity contribution in [3.8, 4) is 0 Å². The molecule has 3 nitrogen and oxygen atoms in total. The average Bonchev–Trinajstić information content (AvgIpc) is 2.58. The standard InChI is InChI=1S/C19H22F2N2O/c1-23(2)17(15-8-4-3-5-9-15)12-18(24)22-13-14-7-6-10-16(11-14)19(20)21/h3-11,17,19H,12-13H2,1-2H3,(H,22,24). The maximum atomic E-state index is 12.7. The Hall–Kier alpha value is -2.27. The van der Waals surface area contributed by atoms with Crippen LogP contribution in [0.25, 0.3) is 0 Å². The highest BCUT2D eigenvalue weighted by Crippen LogP contribution is 2.22. The third-order valence-electron chi connectivity index (χ3n) is 3.88. The second-order valence-electron chi connectivity index (χ2n) is 5.92.